The second-order valence-corrected chi connectivity index (χ2v) is 5.54. The van der Waals surface area contributed by atoms with Gasteiger partial charge < -0.3 is 10.1 Å². The third kappa shape index (κ3) is 4.04. The summed E-state index contributed by atoms with van der Waals surface area (Å²) < 4.78 is 0. The smallest absolute Gasteiger partial charge is 0.225 e. The molecule has 23 heavy (non-hydrogen) atoms. The van der Waals surface area contributed by atoms with Crippen molar-refractivity contribution < 1.29 is 5.21 Å². The Labute approximate surface area is 136 Å². The number of rotatable bonds is 5. The van der Waals surface area contributed by atoms with E-state index in [1.54, 1.807) is 12.4 Å². The molecule has 3 rings (SSSR count). The topological polar surface area (TPSA) is 64.9 Å². The summed E-state index contributed by atoms with van der Waals surface area (Å²) in [5.41, 5.74) is 1.71. The first-order valence-electron chi connectivity index (χ1n) is 7.87. The van der Waals surface area contributed by atoms with Crippen molar-refractivity contribution in [2.75, 3.05) is 37.6 Å². The molecule has 1 saturated heterocycles. The van der Waals surface area contributed by atoms with Crippen LogP contribution in [0.4, 0.5) is 5.95 Å². The Kier molecular flexibility index (Phi) is 5.16. The van der Waals surface area contributed by atoms with E-state index < -0.39 is 0 Å². The van der Waals surface area contributed by atoms with Crippen LogP contribution >= 0.6 is 0 Å². The van der Waals surface area contributed by atoms with Gasteiger partial charge in [0.25, 0.3) is 0 Å². The molecule has 120 valence electrons. The lowest BCUT2D eigenvalue weighted by Gasteiger charge is -2.34. The van der Waals surface area contributed by atoms with Crippen molar-refractivity contribution in [2.24, 2.45) is 5.16 Å². The molecule has 0 spiro atoms. The largest absolute Gasteiger partial charge is 0.411 e. The lowest BCUT2D eigenvalue weighted by molar-refractivity contribution is 0.261. The number of oxime groups is 1. The summed E-state index contributed by atoms with van der Waals surface area (Å²) in [6.07, 6.45) is 4.29. The zero-order chi connectivity index (χ0) is 15.9. The Balaban J connectivity index is 1.49. The molecule has 0 saturated carbocycles. The molecule has 0 bridgehead atoms. The Morgan fingerprint density at radius 3 is 2.35 bits per heavy atom. The summed E-state index contributed by atoms with van der Waals surface area (Å²) >= 11 is 0. The minimum absolute atomic E-state index is 0.736. The van der Waals surface area contributed by atoms with Crippen LogP contribution in [0.5, 0.6) is 0 Å². The van der Waals surface area contributed by atoms with Crippen LogP contribution in [0.15, 0.2) is 53.9 Å². The lowest BCUT2D eigenvalue weighted by Crippen LogP contribution is -2.47. The Bertz CT molecular complexity index is 624. The summed E-state index contributed by atoms with van der Waals surface area (Å²) in [6, 6.07) is 11.7. The van der Waals surface area contributed by atoms with Gasteiger partial charge in [0, 0.05) is 51.5 Å². The van der Waals surface area contributed by atoms with Crippen LogP contribution in [0.3, 0.4) is 0 Å². The molecule has 6 nitrogen and oxygen atoms in total. The minimum Gasteiger partial charge on any atom is -0.411 e. The molecule has 0 aliphatic carbocycles. The van der Waals surface area contributed by atoms with E-state index in [0.29, 0.717) is 0 Å². The molecule has 0 atom stereocenters. The number of anilines is 1. The highest BCUT2D eigenvalue weighted by molar-refractivity contribution is 6.00. The van der Waals surface area contributed by atoms with Gasteiger partial charge in [-0.05, 0) is 11.6 Å². The van der Waals surface area contributed by atoms with Gasteiger partial charge in [-0.2, -0.15) is 0 Å². The molecule has 1 aliphatic rings. The summed E-state index contributed by atoms with van der Waals surface area (Å²) in [6.45, 7) is 4.65. The Morgan fingerprint density at radius 2 is 1.70 bits per heavy atom. The summed E-state index contributed by atoms with van der Waals surface area (Å²) in [4.78, 5) is 13.2. The van der Waals surface area contributed by atoms with Crippen LogP contribution < -0.4 is 4.90 Å². The summed E-state index contributed by atoms with van der Waals surface area (Å²) in [5, 5.41) is 12.7. The molecule has 6 heteroatoms. The molecular weight excluding hydrogens is 290 g/mol. The van der Waals surface area contributed by atoms with Crippen molar-refractivity contribution in [3.8, 4) is 0 Å². The monoisotopic (exact) mass is 311 g/mol. The third-order valence-electron chi connectivity index (χ3n) is 4.10. The highest BCUT2D eigenvalue weighted by atomic mass is 16.4. The third-order valence-corrected chi connectivity index (χ3v) is 4.10. The minimum atomic E-state index is 0.736. The van der Waals surface area contributed by atoms with Crippen molar-refractivity contribution in [3.05, 3.63) is 54.4 Å². The molecule has 0 unspecified atom stereocenters. The van der Waals surface area contributed by atoms with Crippen LogP contribution in [0.2, 0.25) is 0 Å². The molecule has 0 radical (unpaired) electrons. The number of hydrogen-bond donors (Lipinski definition) is 1. The van der Waals surface area contributed by atoms with Crippen LogP contribution in [-0.2, 0) is 0 Å². The molecule has 2 heterocycles. The Morgan fingerprint density at radius 1 is 1.00 bits per heavy atom. The molecule has 1 fully saturated rings. The average molecular weight is 311 g/mol. The maximum absolute atomic E-state index is 9.24. The van der Waals surface area contributed by atoms with E-state index in [4.69, 9.17) is 0 Å². The number of nitrogens with zero attached hydrogens (tertiary/aromatic N) is 5. The van der Waals surface area contributed by atoms with Crippen molar-refractivity contribution in [1.29, 1.82) is 0 Å². The maximum atomic E-state index is 9.24. The van der Waals surface area contributed by atoms with E-state index >= 15 is 0 Å². The van der Waals surface area contributed by atoms with Gasteiger partial charge in [0.1, 0.15) is 0 Å². The summed E-state index contributed by atoms with van der Waals surface area (Å²) in [5.74, 6) is 0.800. The fourth-order valence-corrected chi connectivity index (χ4v) is 2.77. The fourth-order valence-electron chi connectivity index (χ4n) is 2.77. The first kappa shape index (κ1) is 15.4. The van der Waals surface area contributed by atoms with Gasteiger partial charge in [-0.3, -0.25) is 4.90 Å². The fraction of sp³-hybridized carbons (Fsp3) is 0.353. The highest BCUT2D eigenvalue weighted by Crippen LogP contribution is 2.11. The molecule has 2 aromatic rings. The standard InChI is InChI=1S/C17H21N5O/c23-20-16(15-5-2-1-3-6-15)7-10-21-11-13-22(14-12-21)17-18-8-4-9-19-17/h1-6,8-9,23H,7,10-14H2/b20-16+. The molecule has 1 aromatic carbocycles. The van der Waals surface area contributed by atoms with Gasteiger partial charge in [-0.25, -0.2) is 9.97 Å². The zero-order valence-corrected chi connectivity index (χ0v) is 13.0. The first-order chi connectivity index (χ1) is 11.4. The first-order valence-corrected chi connectivity index (χ1v) is 7.87. The second kappa shape index (κ2) is 7.69. The van der Waals surface area contributed by atoms with Crippen molar-refractivity contribution >= 4 is 11.7 Å². The lowest BCUT2D eigenvalue weighted by atomic mass is 10.1. The van der Waals surface area contributed by atoms with Crippen molar-refractivity contribution in [1.82, 2.24) is 14.9 Å². The SMILES string of the molecule is O/N=C(\CCN1CCN(c2ncccn2)CC1)c1ccccc1. The van der Waals surface area contributed by atoms with Gasteiger partial charge in [-0.15, -0.1) is 0 Å². The van der Waals surface area contributed by atoms with E-state index in [0.717, 1.165) is 56.4 Å². The number of hydrogen-bond acceptors (Lipinski definition) is 6. The zero-order valence-electron chi connectivity index (χ0n) is 13.0. The maximum Gasteiger partial charge on any atom is 0.225 e. The van der Waals surface area contributed by atoms with Gasteiger partial charge in [0.15, 0.2) is 0 Å². The average Bonchev–Trinajstić information content (AvgIpc) is 2.64. The molecule has 0 amide bonds. The predicted octanol–water partition coefficient (Wildman–Crippen LogP) is 1.87. The van der Waals surface area contributed by atoms with Gasteiger partial charge in [-0.1, -0.05) is 35.5 Å². The molecule has 1 N–H and O–H groups in total. The highest BCUT2D eigenvalue weighted by Gasteiger charge is 2.19. The van der Waals surface area contributed by atoms with Crippen molar-refractivity contribution in [3.63, 3.8) is 0 Å². The van der Waals surface area contributed by atoms with Crippen LogP contribution in [-0.4, -0.2) is 58.5 Å². The number of aromatic nitrogens is 2. The van der Waals surface area contributed by atoms with Crippen LogP contribution in [0.25, 0.3) is 0 Å². The van der Waals surface area contributed by atoms with E-state index in [2.05, 4.69) is 24.9 Å². The Hall–Kier alpha value is -2.47. The quantitative estimate of drug-likeness (QED) is 0.519. The number of benzene rings is 1. The normalized spacial score (nSPS) is 16.5. The van der Waals surface area contributed by atoms with Gasteiger partial charge in [0.2, 0.25) is 5.95 Å². The van der Waals surface area contributed by atoms with E-state index in [1.807, 2.05) is 36.4 Å². The molecule has 1 aliphatic heterocycles. The van der Waals surface area contributed by atoms with E-state index in [9.17, 15) is 5.21 Å². The van der Waals surface area contributed by atoms with E-state index in [-0.39, 0.29) is 0 Å². The van der Waals surface area contributed by atoms with Gasteiger partial charge in [0.05, 0.1) is 5.71 Å². The second-order valence-electron chi connectivity index (χ2n) is 5.54. The predicted molar refractivity (Wildman–Crippen MR) is 90.1 cm³/mol. The van der Waals surface area contributed by atoms with Gasteiger partial charge >= 0.3 is 0 Å². The van der Waals surface area contributed by atoms with Crippen LogP contribution in [0, 0.1) is 0 Å². The van der Waals surface area contributed by atoms with E-state index in [1.165, 1.54) is 0 Å². The molecule has 1 aromatic heterocycles. The van der Waals surface area contributed by atoms with Crippen LogP contribution in [0.1, 0.15) is 12.0 Å². The summed E-state index contributed by atoms with van der Waals surface area (Å²) in [7, 11) is 0. The molecular formula is C17H21N5O. The number of piperazine rings is 1. The van der Waals surface area contributed by atoms with Crippen molar-refractivity contribution in [2.45, 2.75) is 6.42 Å².